The normalized spacial score (nSPS) is 15.4. The summed E-state index contributed by atoms with van der Waals surface area (Å²) in [5.74, 6) is -1.14. The number of aliphatic hydroxyl groups excluding tert-OH is 1. The predicted octanol–water partition coefficient (Wildman–Crippen LogP) is 0.166. The molecule has 0 radical (unpaired) electrons. The van der Waals surface area contributed by atoms with Gasteiger partial charge in [0.1, 0.15) is 11.6 Å². The van der Waals surface area contributed by atoms with Gasteiger partial charge < -0.3 is 15.7 Å². The Kier molecular flexibility index (Phi) is 6.72. The number of rotatable bonds is 5. The number of hydrogen-bond acceptors (Lipinski definition) is 7. The predicted molar refractivity (Wildman–Crippen MR) is 97.8 cm³/mol. The van der Waals surface area contributed by atoms with Crippen molar-refractivity contribution in [3.63, 3.8) is 0 Å². The standard InChI is InChI=1S/C18H23N5O3/c1-14(25)23(17-4-2-16(20)3-5-17)18(26)15(12-19)13-22-8-6-21(7-9-22)10-11-24/h2-5,13,24H,6-11,20H2,1H3/b15-13-. The van der Waals surface area contributed by atoms with E-state index in [1.54, 1.807) is 24.3 Å². The molecular formula is C18H23N5O3. The molecule has 1 aliphatic rings. The molecule has 8 heteroatoms. The monoisotopic (exact) mass is 357 g/mol. The molecule has 1 aliphatic heterocycles. The molecule has 1 saturated heterocycles. The van der Waals surface area contributed by atoms with Gasteiger partial charge in [-0.2, -0.15) is 5.26 Å². The Bertz CT molecular complexity index is 715. The third-order valence-electron chi connectivity index (χ3n) is 4.15. The van der Waals surface area contributed by atoms with Crippen LogP contribution in [0.1, 0.15) is 6.92 Å². The van der Waals surface area contributed by atoms with Gasteiger partial charge in [0.25, 0.3) is 5.91 Å². The van der Waals surface area contributed by atoms with E-state index in [0.29, 0.717) is 31.0 Å². The summed E-state index contributed by atoms with van der Waals surface area (Å²) < 4.78 is 0. The highest BCUT2D eigenvalue weighted by Crippen LogP contribution is 2.19. The van der Waals surface area contributed by atoms with E-state index < -0.39 is 11.8 Å². The average Bonchev–Trinajstić information content (AvgIpc) is 2.62. The molecule has 1 aromatic rings. The molecule has 3 N–H and O–H groups in total. The highest BCUT2D eigenvalue weighted by atomic mass is 16.3. The van der Waals surface area contributed by atoms with E-state index in [1.807, 2.05) is 11.0 Å². The number of carbonyl (C=O) groups excluding carboxylic acids is 2. The lowest BCUT2D eigenvalue weighted by atomic mass is 10.2. The van der Waals surface area contributed by atoms with Crippen LogP contribution in [0.4, 0.5) is 11.4 Å². The van der Waals surface area contributed by atoms with Crippen molar-refractivity contribution >= 4 is 23.2 Å². The first-order chi connectivity index (χ1) is 12.5. The van der Waals surface area contributed by atoms with E-state index >= 15 is 0 Å². The van der Waals surface area contributed by atoms with Crippen LogP contribution in [0.15, 0.2) is 36.0 Å². The van der Waals surface area contributed by atoms with Crippen LogP contribution in [0.25, 0.3) is 0 Å². The number of β-amino-alcohol motifs (C(OH)–C–C–N with tert-alkyl or cyclic N) is 1. The quantitative estimate of drug-likeness (QED) is 0.438. The molecule has 26 heavy (non-hydrogen) atoms. The number of aliphatic hydroxyl groups is 1. The Morgan fingerprint density at radius 3 is 2.38 bits per heavy atom. The number of hydrogen-bond donors (Lipinski definition) is 2. The van der Waals surface area contributed by atoms with Gasteiger partial charge in [-0.3, -0.25) is 14.5 Å². The summed E-state index contributed by atoms with van der Waals surface area (Å²) in [7, 11) is 0. The maximum atomic E-state index is 12.8. The Morgan fingerprint density at radius 2 is 1.88 bits per heavy atom. The van der Waals surface area contributed by atoms with Crippen LogP contribution in [0.2, 0.25) is 0 Å². The fraction of sp³-hybridized carbons (Fsp3) is 0.389. The first kappa shape index (κ1) is 19.4. The summed E-state index contributed by atoms with van der Waals surface area (Å²) >= 11 is 0. The SMILES string of the molecule is CC(=O)N(C(=O)/C(C#N)=C\N1CCN(CCO)CC1)c1ccc(N)cc1. The van der Waals surface area contributed by atoms with Gasteiger partial charge in [-0.15, -0.1) is 0 Å². The number of benzene rings is 1. The molecular weight excluding hydrogens is 334 g/mol. The van der Waals surface area contributed by atoms with Gasteiger partial charge in [0, 0.05) is 51.5 Å². The van der Waals surface area contributed by atoms with Gasteiger partial charge in [0.15, 0.2) is 0 Å². The van der Waals surface area contributed by atoms with Gasteiger partial charge in [0.2, 0.25) is 5.91 Å². The van der Waals surface area contributed by atoms with Gasteiger partial charge in [-0.05, 0) is 24.3 Å². The van der Waals surface area contributed by atoms with E-state index in [2.05, 4.69) is 4.90 Å². The smallest absolute Gasteiger partial charge is 0.277 e. The zero-order valence-electron chi connectivity index (χ0n) is 14.8. The van der Waals surface area contributed by atoms with Gasteiger partial charge in [0.05, 0.1) is 12.3 Å². The van der Waals surface area contributed by atoms with Crippen LogP contribution in [0, 0.1) is 11.3 Å². The summed E-state index contributed by atoms with van der Waals surface area (Å²) in [6.07, 6.45) is 1.51. The molecule has 0 spiro atoms. The van der Waals surface area contributed by atoms with Crippen molar-refractivity contribution in [2.75, 3.05) is 50.0 Å². The zero-order valence-corrected chi connectivity index (χ0v) is 14.8. The molecule has 1 heterocycles. The van der Waals surface area contributed by atoms with Crippen molar-refractivity contribution in [1.82, 2.24) is 9.80 Å². The molecule has 2 rings (SSSR count). The molecule has 0 bridgehead atoms. The third-order valence-corrected chi connectivity index (χ3v) is 4.15. The topological polar surface area (TPSA) is 114 Å². The molecule has 1 aromatic carbocycles. The fourth-order valence-electron chi connectivity index (χ4n) is 2.76. The molecule has 1 fully saturated rings. The van der Waals surface area contributed by atoms with Crippen LogP contribution in [0.5, 0.6) is 0 Å². The Morgan fingerprint density at radius 1 is 1.27 bits per heavy atom. The first-order valence-corrected chi connectivity index (χ1v) is 8.36. The molecule has 2 amide bonds. The van der Waals surface area contributed by atoms with Crippen molar-refractivity contribution in [3.8, 4) is 6.07 Å². The molecule has 0 aromatic heterocycles. The maximum absolute atomic E-state index is 12.8. The highest BCUT2D eigenvalue weighted by molar-refractivity contribution is 6.21. The molecule has 138 valence electrons. The fourth-order valence-corrected chi connectivity index (χ4v) is 2.76. The number of amides is 2. The van der Waals surface area contributed by atoms with Gasteiger partial charge in [-0.25, -0.2) is 4.90 Å². The minimum atomic E-state index is -0.664. The molecule has 0 unspecified atom stereocenters. The largest absolute Gasteiger partial charge is 0.399 e. The van der Waals surface area contributed by atoms with Crippen LogP contribution in [0.3, 0.4) is 0 Å². The Balaban J connectivity index is 2.16. The Hall–Kier alpha value is -2.89. The maximum Gasteiger partial charge on any atom is 0.277 e. The van der Waals surface area contributed by atoms with E-state index in [1.165, 1.54) is 13.1 Å². The van der Waals surface area contributed by atoms with Gasteiger partial charge in [-0.1, -0.05) is 0 Å². The number of nitrogens with two attached hydrogens (primary N) is 1. The van der Waals surface area contributed by atoms with Gasteiger partial charge >= 0.3 is 0 Å². The van der Waals surface area contributed by atoms with Crippen LogP contribution < -0.4 is 10.6 Å². The Labute approximate surface area is 152 Å². The lowest BCUT2D eigenvalue weighted by Gasteiger charge is -2.33. The van der Waals surface area contributed by atoms with Crippen molar-refractivity contribution in [2.45, 2.75) is 6.92 Å². The van der Waals surface area contributed by atoms with E-state index in [9.17, 15) is 14.9 Å². The number of nitriles is 1. The second-order valence-electron chi connectivity index (χ2n) is 6.01. The number of nitrogens with zero attached hydrogens (tertiary/aromatic N) is 4. The number of anilines is 2. The van der Waals surface area contributed by atoms with Crippen LogP contribution in [-0.4, -0.2) is 66.1 Å². The highest BCUT2D eigenvalue weighted by Gasteiger charge is 2.25. The molecule has 8 nitrogen and oxygen atoms in total. The summed E-state index contributed by atoms with van der Waals surface area (Å²) in [5.41, 5.74) is 6.42. The first-order valence-electron chi connectivity index (χ1n) is 8.36. The van der Waals surface area contributed by atoms with Crippen molar-refractivity contribution in [3.05, 3.63) is 36.0 Å². The summed E-state index contributed by atoms with van der Waals surface area (Å²) in [6, 6.07) is 8.22. The number of imide groups is 1. The van der Waals surface area contributed by atoms with E-state index in [4.69, 9.17) is 10.8 Å². The minimum absolute atomic E-state index is 0.104. The summed E-state index contributed by atoms with van der Waals surface area (Å²) in [5, 5.41) is 18.4. The van der Waals surface area contributed by atoms with E-state index in [-0.39, 0.29) is 12.2 Å². The van der Waals surface area contributed by atoms with Crippen molar-refractivity contribution in [1.29, 1.82) is 5.26 Å². The third kappa shape index (κ3) is 4.81. The van der Waals surface area contributed by atoms with Crippen molar-refractivity contribution < 1.29 is 14.7 Å². The molecule has 0 saturated carbocycles. The minimum Gasteiger partial charge on any atom is -0.399 e. The lowest BCUT2D eigenvalue weighted by Crippen LogP contribution is -2.45. The van der Waals surface area contributed by atoms with E-state index in [0.717, 1.165) is 18.0 Å². The second kappa shape index (κ2) is 8.99. The lowest BCUT2D eigenvalue weighted by molar-refractivity contribution is -0.123. The zero-order chi connectivity index (χ0) is 19.1. The van der Waals surface area contributed by atoms with Crippen molar-refractivity contribution in [2.24, 2.45) is 0 Å². The average molecular weight is 357 g/mol. The molecule has 0 atom stereocenters. The number of carbonyl (C=O) groups is 2. The summed E-state index contributed by atoms with van der Waals surface area (Å²) in [6.45, 7) is 4.73. The second-order valence-corrected chi connectivity index (χ2v) is 6.01. The summed E-state index contributed by atoms with van der Waals surface area (Å²) in [4.78, 5) is 29.7. The molecule has 0 aliphatic carbocycles. The number of piperazine rings is 1. The van der Waals surface area contributed by atoms with Crippen LogP contribution >= 0.6 is 0 Å². The number of nitrogen functional groups attached to an aromatic ring is 1. The van der Waals surface area contributed by atoms with Crippen LogP contribution in [-0.2, 0) is 9.59 Å².